The van der Waals surface area contributed by atoms with Crippen molar-refractivity contribution in [2.24, 2.45) is 22.2 Å². The van der Waals surface area contributed by atoms with E-state index in [4.69, 9.17) is 22.3 Å². The third-order valence-corrected chi connectivity index (χ3v) is 5.59. The summed E-state index contributed by atoms with van der Waals surface area (Å²) >= 11 is 4.01. The molecular formula is C19H33N7O7S. The highest BCUT2D eigenvalue weighted by atomic mass is 32.1. The van der Waals surface area contributed by atoms with Crippen molar-refractivity contribution in [1.82, 2.24) is 15.5 Å². The molecule has 0 aromatic heterocycles. The molecule has 192 valence electrons. The monoisotopic (exact) mass is 503 g/mol. The van der Waals surface area contributed by atoms with Gasteiger partial charge >= 0.3 is 11.9 Å². The lowest BCUT2D eigenvalue weighted by Crippen LogP contribution is -2.56. The minimum absolute atomic E-state index is 0.0659. The number of nitrogens with two attached hydrogens (primary N) is 3. The Balaban J connectivity index is 2.95. The molecule has 1 rings (SSSR count). The van der Waals surface area contributed by atoms with E-state index in [2.05, 4.69) is 28.3 Å². The topological polar surface area (TPSA) is 244 Å². The van der Waals surface area contributed by atoms with Crippen LogP contribution >= 0.6 is 12.6 Å². The molecule has 4 unspecified atom stereocenters. The molecule has 4 atom stereocenters. The Kier molecular flexibility index (Phi) is 12.1. The Morgan fingerprint density at radius 3 is 2.32 bits per heavy atom. The van der Waals surface area contributed by atoms with Gasteiger partial charge in [0.2, 0.25) is 17.7 Å². The third kappa shape index (κ3) is 9.43. The summed E-state index contributed by atoms with van der Waals surface area (Å²) in [6.45, 7) is 0.490. The fraction of sp³-hybridized carbons (Fsp3) is 0.684. The molecule has 0 radical (unpaired) electrons. The van der Waals surface area contributed by atoms with Gasteiger partial charge in [-0.25, -0.2) is 4.79 Å². The lowest BCUT2D eigenvalue weighted by Gasteiger charge is -2.28. The van der Waals surface area contributed by atoms with Crippen LogP contribution in [0.15, 0.2) is 4.99 Å². The molecule has 3 amide bonds. The maximum Gasteiger partial charge on any atom is 0.326 e. The Labute approximate surface area is 202 Å². The second kappa shape index (κ2) is 14.2. The second-order valence-corrected chi connectivity index (χ2v) is 8.19. The van der Waals surface area contributed by atoms with Crippen LogP contribution in [0.3, 0.4) is 0 Å². The zero-order valence-corrected chi connectivity index (χ0v) is 19.6. The number of aliphatic imine (C=N–C) groups is 1. The van der Waals surface area contributed by atoms with E-state index in [0.29, 0.717) is 19.4 Å². The number of carbonyl (C=O) groups excluding carboxylic acids is 3. The number of aliphatic carboxylic acids is 2. The number of hydrogen-bond donors (Lipinski definition) is 8. The molecule has 0 spiro atoms. The SMILES string of the molecule is NC(N)=NCCCC(NC(=O)C1CCCN1C(=O)C(N)CS)C(=O)NC(CCC(=O)O)C(=O)O. The fourth-order valence-corrected chi connectivity index (χ4v) is 3.59. The second-order valence-electron chi connectivity index (χ2n) is 7.82. The number of carbonyl (C=O) groups is 5. The molecule has 1 saturated heterocycles. The van der Waals surface area contributed by atoms with Crippen LogP contribution in [0.1, 0.15) is 38.5 Å². The van der Waals surface area contributed by atoms with Crippen molar-refractivity contribution in [3.63, 3.8) is 0 Å². The first-order valence-corrected chi connectivity index (χ1v) is 11.4. The highest BCUT2D eigenvalue weighted by molar-refractivity contribution is 7.80. The number of guanidine groups is 1. The standard InChI is InChI=1S/C19H33N7O7S/c20-10(9-34)17(31)26-8-2-4-13(26)16(30)24-11(3-1-7-23-19(21)22)15(29)25-12(18(32)33)5-6-14(27)28/h10-13,34H,1-9,20H2,(H,24,30)(H,25,29)(H,27,28)(H,32,33)(H4,21,22,23). The van der Waals surface area contributed by atoms with Crippen LogP contribution in [0.2, 0.25) is 0 Å². The van der Waals surface area contributed by atoms with E-state index < -0.39 is 60.2 Å². The minimum Gasteiger partial charge on any atom is -0.481 e. The maximum absolute atomic E-state index is 13.0. The van der Waals surface area contributed by atoms with Crippen molar-refractivity contribution in [3.8, 4) is 0 Å². The molecule has 0 aromatic rings. The van der Waals surface area contributed by atoms with E-state index >= 15 is 0 Å². The first-order valence-electron chi connectivity index (χ1n) is 10.8. The van der Waals surface area contributed by atoms with Crippen LogP contribution in [-0.4, -0.2) is 93.7 Å². The highest BCUT2D eigenvalue weighted by Gasteiger charge is 2.37. The predicted octanol–water partition coefficient (Wildman–Crippen LogP) is -2.79. The lowest BCUT2D eigenvalue weighted by atomic mass is 10.1. The molecule has 1 aliphatic rings. The van der Waals surface area contributed by atoms with Gasteiger partial charge in [0.05, 0.1) is 6.04 Å². The maximum atomic E-state index is 13.0. The third-order valence-electron chi connectivity index (χ3n) is 5.19. The largest absolute Gasteiger partial charge is 0.481 e. The van der Waals surface area contributed by atoms with Gasteiger partial charge < -0.3 is 42.9 Å². The van der Waals surface area contributed by atoms with Crippen LogP contribution in [0.5, 0.6) is 0 Å². The van der Waals surface area contributed by atoms with Gasteiger partial charge in [0.1, 0.15) is 18.1 Å². The summed E-state index contributed by atoms with van der Waals surface area (Å²) in [5.74, 6) is -4.49. The molecule has 1 heterocycles. The molecule has 1 aliphatic heterocycles. The number of nitrogens with one attached hydrogen (secondary N) is 2. The minimum atomic E-state index is -1.46. The number of carboxylic acids is 2. The van der Waals surface area contributed by atoms with E-state index in [9.17, 15) is 29.1 Å². The average Bonchev–Trinajstić information content (AvgIpc) is 3.26. The summed E-state index contributed by atoms with van der Waals surface area (Å²) in [5.41, 5.74) is 16.3. The van der Waals surface area contributed by atoms with Crippen LogP contribution in [0.4, 0.5) is 0 Å². The Morgan fingerprint density at radius 2 is 1.76 bits per heavy atom. The highest BCUT2D eigenvalue weighted by Crippen LogP contribution is 2.19. The molecule has 1 fully saturated rings. The summed E-state index contributed by atoms with van der Waals surface area (Å²) in [5, 5.41) is 23.0. The normalized spacial score (nSPS) is 17.8. The van der Waals surface area contributed by atoms with Crippen LogP contribution in [-0.2, 0) is 24.0 Å². The number of carboxylic acid groups (broad SMARTS) is 2. The molecule has 10 N–H and O–H groups in total. The van der Waals surface area contributed by atoms with E-state index in [1.54, 1.807) is 0 Å². The Morgan fingerprint density at radius 1 is 1.09 bits per heavy atom. The van der Waals surface area contributed by atoms with Crippen molar-refractivity contribution in [3.05, 3.63) is 0 Å². The van der Waals surface area contributed by atoms with Gasteiger partial charge in [-0.2, -0.15) is 12.6 Å². The summed E-state index contributed by atoms with van der Waals surface area (Å²) in [6, 6.07) is -4.34. The molecule has 15 heteroatoms. The van der Waals surface area contributed by atoms with Crippen molar-refractivity contribution >= 4 is 48.2 Å². The summed E-state index contributed by atoms with van der Waals surface area (Å²) < 4.78 is 0. The first kappa shape index (κ1) is 29.0. The zero-order chi connectivity index (χ0) is 25.8. The average molecular weight is 504 g/mol. The summed E-state index contributed by atoms with van der Waals surface area (Å²) in [7, 11) is 0. The molecule has 0 saturated carbocycles. The van der Waals surface area contributed by atoms with Gasteiger partial charge in [-0.1, -0.05) is 0 Å². The number of hydrogen-bond acceptors (Lipinski definition) is 8. The van der Waals surface area contributed by atoms with Crippen molar-refractivity contribution in [1.29, 1.82) is 0 Å². The summed E-state index contributed by atoms with van der Waals surface area (Å²) in [6.07, 6.45) is 0.481. The fourth-order valence-electron chi connectivity index (χ4n) is 3.43. The van der Waals surface area contributed by atoms with E-state index in [0.717, 1.165) is 0 Å². The molecule has 0 aromatic carbocycles. The number of rotatable bonds is 14. The number of likely N-dealkylation sites (tertiary alicyclic amines) is 1. The van der Waals surface area contributed by atoms with Crippen LogP contribution in [0, 0.1) is 0 Å². The zero-order valence-electron chi connectivity index (χ0n) is 18.7. The van der Waals surface area contributed by atoms with Gasteiger partial charge in [0.25, 0.3) is 0 Å². The van der Waals surface area contributed by atoms with E-state index in [1.165, 1.54) is 4.90 Å². The number of nitrogens with zero attached hydrogens (tertiary/aromatic N) is 2. The van der Waals surface area contributed by atoms with Crippen molar-refractivity contribution < 1.29 is 34.2 Å². The molecule has 0 aliphatic carbocycles. The van der Waals surface area contributed by atoms with Gasteiger partial charge in [0, 0.05) is 25.3 Å². The van der Waals surface area contributed by atoms with Crippen LogP contribution < -0.4 is 27.8 Å². The van der Waals surface area contributed by atoms with Crippen molar-refractivity contribution in [2.75, 3.05) is 18.8 Å². The Hall–Kier alpha value is -3.07. The van der Waals surface area contributed by atoms with Gasteiger partial charge in [-0.3, -0.25) is 24.2 Å². The van der Waals surface area contributed by atoms with Crippen molar-refractivity contribution in [2.45, 2.75) is 62.7 Å². The lowest BCUT2D eigenvalue weighted by molar-refractivity contribution is -0.144. The van der Waals surface area contributed by atoms with E-state index in [1.807, 2.05) is 0 Å². The quantitative estimate of drug-likeness (QED) is 0.0524. The smallest absolute Gasteiger partial charge is 0.326 e. The van der Waals surface area contributed by atoms with E-state index in [-0.39, 0.29) is 37.5 Å². The molecular weight excluding hydrogens is 470 g/mol. The number of amides is 3. The predicted molar refractivity (Wildman–Crippen MR) is 125 cm³/mol. The molecule has 14 nitrogen and oxygen atoms in total. The molecule has 34 heavy (non-hydrogen) atoms. The first-order chi connectivity index (χ1) is 16.0. The van der Waals surface area contributed by atoms with Gasteiger partial charge in [0.15, 0.2) is 5.96 Å². The van der Waals surface area contributed by atoms with Gasteiger partial charge in [-0.15, -0.1) is 0 Å². The Bertz CT molecular complexity index is 791. The van der Waals surface area contributed by atoms with Crippen LogP contribution in [0.25, 0.3) is 0 Å². The number of thiol groups is 1. The van der Waals surface area contributed by atoms with Gasteiger partial charge in [-0.05, 0) is 32.1 Å². The summed E-state index contributed by atoms with van der Waals surface area (Å²) in [4.78, 5) is 65.6. The molecule has 0 bridgehead atoms.